The van der Waals surface area contributed by atoms with Crippen LogP contribution in [-0.4, -0.2) is 34.9 Å². The van der Waals surface area contributed by atoms with Crippen molar-refractivity contribution < 1.29 is 29.1 Å². The first-order valence-electron chi connectivity index (χ1n) is 7.02. The van der Waals surface area contributed by atoms with Crippen molar-refractivity contribution in [3.05, 3.63) is 39.4 Å². The highest BCUT2D eigenvalue weighted by Crippen LogP contribution is 2.21. The molecule has 2 amide bonds. The van der Waals surface area contributed by atoms with E-state index in [9.17, 15) is 19.7 Å². The first-order chi connectivity index (χ1) is 11.0. The molecule has 124 valence electrons. The van der Waals surface area contributed by atoms with Gasteiger partial charge in [0.2, 0.25) is 0 Å². The van der Waals surface area contributed by atoms with Crippen LogP contribution in [0.5, 0.6) is 0 Å². The molecule has 9 heteroatoms. The molecule has 2 N–H and O–H groups in total. The van der Waals surface area contributed by atoms with E-state index in [1.807, 2.05) is 0 Å². The molecule has 0 spiro atoms. The molecule has 0 aromatic heterocycles. The summed E-state index contributed by atoms with van der Waals surface area (Å²) in [5, 5.41) is 21.1. The molecule has 0 bridgehead atoms. The second-order valence-corrected chi connectivity index (χ2v) is 4.96. The van der Waals surface area contributed by atoms with E-state index in [1.165, 1.54) is 12.1 Å². The quantitative estimate of drug-likeness (QED) is 0.626. The monoisotopic (exact) mass is 324 g/mol. The van der Waals surface area contributed by atoms with Gasteiger partial charge in [0.15, 0.2) is 6.29 Å². The number of nitro groups is 1. The largest absolute Gasteiger partial charge is 0.465 e. The van der Waals surface area contributed by atoms with Crippen molar-refractivity contribution in [1.29, 1.82) is 0 Å². The van der Waals surface area contributed by atoms with Gasteiger partial charge in [-0.15, -0.1) is 0 Å². The molecule has 0 saturated carbocycles. The summed E-state index contributed by atoms with van der Waals surface area (Å²) in [7, 11) is 0. The molecule has 1 aliphatic rings. The van der Waals surface area contributed by atoms with Gasteiger partial charge in [-0.25, -0.2) is 4.79 Å². The number of hydrogen-bond donors (Lipinski definition) is 2. The third-order valence-corrected chi connectivity index (χ3v) is 3.33. The number of rotatable bonds is 5. The lowest BCUT2D eigenvalue weighted by Gasteiger charge is -2.23. The number of carbonyl (C=O) groups is 2. The Morgan fingerprint density at radius 3 is 2.83 bits per heavy atom. The number of carboxylic acid groups (broad SMARTS) is 1. The van der Waals surface area contributed by atoms with Gasteiger partial charge in [0.05, 0.1) is 17.1 Å². The molecule has 1 heterocycles. The lowest BCUT2D eigenvalue weighted by molar-refractivity contribution is -0.384. The lowest BCUT2D eigenvalue weighted by atomic mass is 10.1. The minimum absolute atomic E-state index is 0.00890. The van der Waals surface area contributed by atoms with Gasteiger partial charge in [0, 0.05) is 18.7 Å². The van der Waals surface area contributed by atoms with Crippen LogP contribution in [0.2, 0.25) is 0 Å². The summed E-state index contributed by atoms with van der Waals surface area (Å²) in [6.07, 6.45) is 0.725. The Hall–Kier alpha value is -2.52. The van der Waals surface area contributed by atoms with E-state index in [1.54, 1.807) is 5.32 Å². The van der Waals surface area contributed by atoms with Crippen LogP contribution in [0.15, 0.2) is 18.2 Å². The lowest BCUT2D eigenvalue weighted by Crippen LogP contribution is -2.30. The van der Waals surface area contributed by atoms with Crippen molar-refractivity contribution in [2.24, 2.45) is 0 Å². The van der Waals surface area contributed by atoms with E-state index in [4.69, 9.17) is 14.6 Å². The molecule has 1 atom stereocenters. The topological polar surface area (TPSA) is 128 Å². The second kappa shape index (κ2) is 7.65. The average molecular weight is 324 g/mol. The summed E-state index contributed by atoms with van der Waals surface area (Å²) < 4.78 is 10.9. The highest BCUT2D eigenvalue weighted by Gasteiger charge is 2.20. The van der Waals surface area contributed by atoms with E-state index >= 15 is 0 Å². The summed E-state index contributed by atoms with van der Waals surface area (Å²) in [4.78, 5) is 32.7. The van der Waals surface area contributed by atoms with Crippen LogP contribution < -0.4 is 5.32 Å². The maximum Gasteiger partial charge on any atom is 0.411 e. The van der Waals surface area contributed by atoms with Crippen molar-refractivity contribution in [1.82, 2.24) is 5.32 Å². The number of benzene rings is 1. The zero-order chi connectivity index (χ0) is 16.8. The Morgan fingerprint density at radius 2 is 2.22 bits per heavy atom. The first kappa shape index (κ1) is 16.8. The van der Waals surface area contributed by atoms with Crippen molar-refractivity contribution in [3.63, 3.8) is 0 Å². The molecule has 1 aromatic rings. The number of non-ortho nitro benzene ring substituents is 1. The molecule has 1 saturated heterocycles. The van der Waals surface area contributed by atoms with Gasteiger partial charge in [0.25, 0.3) is 11.6 Å². The number of nitrogens with one attached hydrogen (secondary N) is 1. The van der Waals surface area contributed by atoms with Crippen molar-refractivity contribution >= 4 is 17.7 Å². The Bertz CT molecular complexity index is 611. The van der Waals surface area contributed by atoms with Crippen molar-refractivity contribution in [3.8, 4) is 0 Å². The van der Waals surface area contributed by atoms with E-state index in [0.717, 1.165) is 25.3 Å². The van der Waals surface area contributed by atoms with Crippen LogP contribution in [-0.2, 0) is 16.1 Å². The van der Waals surface area contributed by atoms with E-state index in [-0.39, 0.29) is 17.9 Å². The number of ether oxygens (including phenoxy) is 2. The predicted octanol–water partition coefficient (Wildman–Crippen LogP) is 2.05. The van der Waals surface area contributed by atoms with Gasteiger partial charge in [-0.2, -0.15) is 0 Å². The summed E-state index contributed by atoms with van der Waals surface area (Å²) in [5.74, 6) is -0.940. The molecule has 1 aromatic carbocycles. The highest BCUT2D eigenvalue weighted by molar-refractivity contribution is 6.03. The van der Waals surface area contributed by atoms with Crippen LogP contribution in [0.3, 0.4) is 0 Å². The molecule has 1 fully saturated rings. The third kappa shape index (κ3) is 4.73. The van der Waals surface area contributed by atoms with Crippen LogP contribution >= 0.6 is 0 Å². The zero-order valence-electron chi connectivity index (χ0n) is 12.2. The smallest absolute Gasteiger partial charge is 0.411 e. The Balaban J connectivity index is 2.17. The fraction of sp³-hybridized carbons (Fsp3) is 0.429. The number of nitrogens with zero attached hydrogens (tertiary/aromatic N) is 1. The molecule has 0 radical (unpaired) electrons. The standard InChI is InChI=1S/C14H16N2O7/c17-13(15-14(18)19)11-7-10(16(20)21)5-4-9(11)8-23-12-3-1-2-6-22-12/h4-5,7,12H,1-3,6,8H2,(H,15,17)(H,18,19)/t12-/m1/s1. The molecule has 2 rings (SSSR count). The average Bonchev–Trinajstić information content (AvgIpc) is 2.53. The Morgan fingerprint density at radius 1 is 1.43 bits per heavy atom. The van der Waals surface area contributed by atoms with Crippen molar-refractivity contribution in [2.45, 2.75) is 32.2 Å². The van der Waals surface area contributed by atoms with E-state index in [0.29, 0.717) is 12.2 Å². The fourth-order valence-electron chi connectivity index (χ4n) is 2.21. The van der Waals surface area contributed by atoms with Gasteiger partial charge in [-0.1, -0.05) is 0 Å². The predicted molar refractivity (Wildman–Crippen MR) is 77.0 cm³/mol. The van der Waals surface area contributed by atoms with Gasteiger partial charge in [-0.05, 0) is 30.9 Å². The number of amides is 2. The Kier molecular flexibility index (Phi) is 5.61. The molecule has 1 aliphatic heterocycles. The van der Waals surface area contributed by atoms with Crippen LogP contribution in [0.25, 0.3) is 0 Å². The third-order valence-electron chi connectivity index (χ3n) is 3.33. The number of carbonyl (C=O) groups excluding carboxylic acids is 1. The summed E-state index contributed by atoms with van der Waals surface area (Å²) in [5.41, 5.74) is -0.0702. The summed E-state index contributed by atoms with van der Waals surface area (Å²) in [6.45, 7) is 0.586. The minimum Gasteiger partial charge on any atom is -0.465 e. The number of nitro benzene ring substituents is 1. The molecule has 0 unspecified atom stereocenters. The molecule has 9 nitrogen and oxygen atoms in total. The van der Waals surface area contributed by atoms with Gasteiger partial charge in [-0.3, -0.25) is 20.2 Å². The van der Waals surface area contributed by atoms with Gasteiger partial charge < -0.3 is 14.6 Å². The Labute approximate surface area is 131 Å². The summed E-state index contributed by atoms with van der Waals surface area (Å²) in [6, 6.07) is 3.63. The fourth-order valence-corrected chi connectivity index (χ4v) is 2.21. The molecular weight excluding hydrogens is 308 g/mol. The van der Waals surface area contributed by atoms with E-state index in [2.05, 4.69) is 0 Å². The van der Waals surface area contributed by atoms with Gasteiger partial charge >= 0.3 is 6.09 Å². The normalized spacial score (nSPS) is 17.5. The second-order valence-electron chi connectivity index (χ2n) is 4.96. The molecule has 23 heavy (non-hydrogen) atoms. The van der Waals surface area contributed by atoms with Crippen LogP contribution in [0.4, 0.5) is 10.5 Å². The maximum atomic E-state index is 11.9. The maximum absolute atomic E-state index is 11.9. The van der Waals surface area contributed by atoms with Crippen LogP contribution in [0.1, 0.15) is 35.2 Å². The highest BCUT2D eigenvalue weighted by atomic mass is 16.7. The van der Waals surface area contributed by atoms with Crippen molar-refractivity contribution in [2.75, 3.05) is 6.61 Å². The number of imide groups is 1. The summed E-state index contributed by atoms with van der Waals surface area (Å²) >= 11 is 0. The minimum atomic E-state index is -1.54. The molecular formula is C14H16N2O7. The number of hydrogen-bond acceptors (Lipinski definition) is 6. The molecule has 0 aliphatic carbocycles. The van der Waals surface area contributed by atoms with Gasteiger partial charge in [0.1, 0.15) is 0 Å². The SMILES string of the molecule is O=C(O)NC(=O)c1cc([N+](=O)[O-])ccc1CO[C@@H]1CCCCO1. The zero-order valence-corrected chi connectivity index (χ0v) is 12.2. The van der Waals surface area contributed by atoms with E-state index < -0.39 is 23.2 Å². The first-order valence-corrected chi connectivity index (χ1v) is 7.02. The van der Waals surface area contributed by atoms with Crippen LogP contribution in [0, 0.1) is 10.1 Å².